The second-order valence-corrected chi connectivity index (χ2v) is 5.25. The van der Waals surface area contributed by atoms with Gasteiger partial charge in [0.25, 0.3) is 0 Å². The minimum absolute atomic E-state index is 0.845. The molecule has 1 fully saturated rings. The zero-order chi connectivity index (χ0) is 12.9. The van der Waals surface area contributed by atoms with Crippen LogP contribution in [0.2, 0.25) is 0 Å². The summed E-state index contributed by atoms with van der Waals surface area (Å²) in [4.78, 5) is 22.3. The van der Waals surface area contributed by atoms with E-state index in [0.717, 1.165) is 5.06 Å². The number of nitrogens with zero attached hydrogens (tertiary/aromatic N) is 1. The summed E-state index contributed by atoms with van der Waals surface area (Å²) in [6.45, 7) is 6.10. The molecule has 2 unspecified atom stereocenters. The fourth-order valence-corrected chi connectivity index (χ4v) is 2.71. The van der Waals surface area contributed by atoms with Gasteiger partial charge in [-0.25, -0.2) is 0 Å². The van der Waals surface area contributed by atoms with Gasteiger partial charge in [-0.3, -0.25) is 9.59 Å². The zero-order valence-electron chi connectivity index (χ0n) is 9.76. The first kappa shape index (κ1) is 12.9. The maximum atomic E-state index is 11.2. The van der Waals surface area contributed by atoms with Crippen molar-refractivity contribution in [2.75, 3.05) is 0 Å². The first-order valence-electron chi connectivity index (χ1n) is 4.99. The molecule has 0 amide bonds. The minimum atomic E-state index is -1.21. The summed E-state index contributed by atoms with van der Waals surface area (Å²) in [7, 11) is 0. The van der Waals surface area contributed by atoms with Gasteiger partial charge in [-0.05, 0) is 27.7 Å². The summed E-state index contributed by atoms with van der Waals surface area (Å²) < 4.78 is 0. The van der Waals surface area contributed by atoms with Crippen molar-refractivity contribution >= 4 is 11.9 Å². The second kappa shape index (κ2) is 3.43. The van der Waals surface area contributed by atoms with Crippen molar-refractivity contribution < 1.29 is 25.0 Å². The highest BCUT2D eigenvalue weighted by Gasteiger charge is 2.64. The van der Waals surface area contributed by atoms with E-state index < -0.39 is 34.9 Å². The van der Waals surface area contributed by atoms with Gasteiger partial charge >= 0.3 is 11.9 Å². The minimum Gasteiger partial charge on any atom is -0.481 e. The summed E-state index contributed by atoms with van der Waals surface area (Å²) in [5.41, 5.74) is -2.23. The Labute approximate surface area is 93.4 Å². The van der Waals surface area contributed by atoms with Crippen molar-refractivity contribution in [2.45, 2.75) is 38.8 Å². The van der Waals surface area contributed by atoms with Crippen molar-refractivity contribution in [1.29, 1.82) is 0 Å². The maximum Gasteiger partial charge on any atom is 0.309 e. The van der Waals surface area contributed by atoms with Gasteiger partial charge in [0.2, 0.25) is 0 Å². The van der Waals surface area contributed by atoms with Crippen LogP contribution in [0.1, 0.15) is 27.7 Å². The molecule has 2 atom stereocenters. The van der Waals surface area contributed by atoms with E-state index in [0.29, 0.717) is 0 Å². The van der Waals surface area contributed by atoms with E-state index in [1.54, 1.807) is 0 Å². The lowest BCUT2D eigenvalue weighted by atomic mass is 9.77. The lowest BCUT2D eigenvalue weighted by molar-refractivity contribution is -0.203. The van der Waals surface area contributed by atoms with Crippen LogP contribution in [-0.2, 0) is 9.59 Å². The molecule has 0 bridgehead atoms. The Morgan fingerprint density at radius 1 is 0.938 bits per heavy atom. The summed E-state index contributed by atoms with van der Waals surface area (Å²) in [5.74, 6) is -4.71. The molecule has 6 heteroatoms. The Morgan fingerprint density at radius 2 is 1.19 bits per heavy atom. The average molecular weight is 231 g/mol. The smallest absolute Gasteiger partial charge is 0.309 e. The number of carboxylic acids is 2. The van der Waals surface area contributed by atoms with Gasteiger partial charge in [0.1, 0.15) is 0 Å². The molecule has 1 aliphatic rings. The van der Waals surface area contributed by atoms with Gasteiger partial charge in [0.15, 0.2) is 0 Å². The number of rotatable bonds is 2. The lowest BCUT2D eigenvalue weighted by Gasteiger charge is -2.35. The molecular weight excluding hydrogens is 214 g/mol. The lowest BCUT2D eigenvalue weighted by Crippen LogP contribution is -2.48. The molecule has 16 heavy (non-hydrogen) atoms. The Kier molecular flexibility index (Phi) is 2.77. The van der Waals surface area contributed by atoms with Gasteiger partial charge in [-0.15, -0.1) is 0 Å². The molecule has 0 aliphatic carbocycles. The Bertz CT molecular complexity index is 304. The van der Waals surface area contributed by atoms with Crippen LogP contribution in [-0.4, -0.2) is 43.5 Å². The van der Waals surface area contributed by atoms with E-state index >= 15 is 0 Å². The summed E-state index contributed by atoms with van der Waals surface area (Å²) in [5, 5.41) is 29.0. The number of carbonyl (C=O) groups is 2. The van der Waals surface area contributed by atoms with E-state index in [1.807, 2.05) is 0 Å². The molecule has 0 saturated carbocycles. The molecule has 0 radical (unpaired) electrons. The number of hydrogen-bond acceptors (Lipinski definition) is 4. The van der Waals surface area contributed by atoms with Gasteiger partial charge in [-0.1, -0.05) is 0 Å². The van der Waals surface area contributed by atoms with Crippen LogP contribution in [0.25, 0.3) is 0 Å². The molecule has 1 saturated heterocycles. The van der Waals surface area contributed by atoms with Crippen molar-refractivity contribution in [3.05, 3.63) is 0 Å². The normalized spacial score (nSPS) is 32.6. The maximum absolute atomic E-state index is 11.2. The molecule has 6 nitrogen and oxygen atoms in total. The standard InChI is InChI=1S/C10H17NO5/c1-9(2)5(7(12)13)6(8(14)15)10(3,4)11(9)16/h5-6,16H,1-4H3,(H,12,13)(H,14,15). The van der Waals surface area contributed by atoms with E-state index in [1.165, 1.54) is 27.7 Å². The molecule has 3 N–H and O–H groups in total. The van der Waals surface area contributed by atoms with Crippen LogP contribution in [0.4, 0.5) is 0 Å². The fourth-order valence-electron chi connectivity index (χ4n) is 2.71. The van der Waals surface area contributed by atoms with Crippen molar-refractivity contribution in [3.8, 4) is 0 Å². The van der Waals surface area contributed by atoms with Gasteiger partial charge in [-0.2, -0.15) is 5.06 Å². The van der Waals surface area contributed by atoms with Crippen LogP contribution in [0, 0.1) is 11.8 Å². The number of aliphatic carboxylic acids is 2. The Hall–Kier alpha value is -1.14. The number of hydrogen-bond donors (Lipinski definition) is 3. The first-order chi connectivity index (χ1) is 7.04. The molecule has 1 rings (SSSR count). The largest absolute Gasteiger partial charge is 0.481 e. The van der Waals surface area contributed by atoms with E-state index in [9.17, 15) is 14.8 Å². The highest BCUT2D eigenvalue weighted by molar-refractivity contribution is 5.83. The van der Waals surface area contributed by atoms with E-state index in [2.05, 4.69) is 0 Å². The molecule has 0 aromatic rings. The summed E-state index contributed by atoms with van der Waals surface area (Å²) in [6.07, 6.45) is 0. The second-order valence-electron chi connectivity index (χ2n) is 5.25. The quantitative estimate of drug-likeness (QED) is 0.645. The van der Waals surface area contributed by atoms with Crippen LogP contribution < -0.4 is 0 Å². The third kappa shape index (κ3) is 1.49. The van der Waals surface area contributed by atoms with Crippen LogP contribution in [0.3, 0.4) is 0 Å². The predicted octanol–water partition coefficient (Wildman–Crippen LogP) is 0.650. The summed E-state index contributed by atoms with van der Waals surface area (Å²) >= 11 is 0. The SMILES string of the molecule is CC1(C)C(C(=O)O)C(C(=O)O)C(C)(C)N1O. The number of hydroxylamine groups is 2. The summed E-state index contributed by atoms with van der Waals surface area (Å²) in [6, 6.07) is 0. The van der Waals surface area contributed by atoms with E-state index in [-0.39, 0.29) is 0 Å². The predicted molar refractivity (Wildman–Crippen MR) is 54.0 cm³/mol. The van der Waals surface area contributed by atoms with Gasteiger partial charge in [0.05, 0.1) is 22.9 Å². The molecule has 1 heterocycles. The third-order valence-corrected chi connectivity index (χ3v) is 3.48. The zero-order valence-corrected chi connectivity index (χ0v) is 9.76. The molecule has 92 valence electrons. The van der Waals surface area contributed by atoms with E-state index in [4.69, 9.17) is 10.2 Å². The van der Waals surface area contributed by atoms with Gasteiger partial charge in [0, 0.05) is 0 Å². The Morgan fingerprint density at radius 3 is 1.38 bits per heavy atom. The fraction of sp³-hybridized carbons (Fsp3) is 0.800. The van der Waals surface area contributed by atoms with Crippen molar-refractivity contribution in [1.82, 2.24) is 5.06 Å². The molecular formula is C10H17NO5. The van der Waals surface area contributed by atoms with Gasteiger partial charge < -0.3 is 15.4 Å². The average Bonchev–Trinajstić information content (AvgIpc) is 2.23. The molecule has 0 spiro atoms. The molecule has 0 aromatic heterocycles. The molecule has 1 aliphatic heterocycles. The molecule has 0 aromatic carbocycles. The van der Waals surface area contributed by atoms with Crippen LogP contribution in [0.15, 0.2) is 0 Å². The van der Waals surface area contributed by atoms with Crippen molar-refractivity contribution in [3.63, 3.8) is 0 Å². The van der Waals surface area contributed by atoms with Crippen LogP contribution >= 0.6 is 0 Å². The highest BCUT2D eigenvalue weighted by atomic mass is 16.5. The van der Waals surface area contributed by atoms with Crippen LogP contribution in [0.5, 0.6) is 0 Å². The number of carboxylic acid groups (broad SMARTS) is 2. The highest BCUT2D eigenvalue weighted by Crippen LogP contribution is 2.48. The van der Waals surface area contributed by atoms with Crippen molar-refractivity contribution in [2.24, 2.45) is 11.8 Å². The Balaban J connectivity index is 3.34. The first-order valence-corrected chi connectivity index (χ1v) is 4.99. The monoisotopic (exact) mass is 231 g/mol. The topological polar surface area (TPSA) is 98.1 Å². The third-order valence-electron chi connectivity index (χ3n) is 3.48.